The van der Waals surface area contributed by atoms with Crippen molar-refractivity contribution in [3.63, 3.8) is 0 Å². The predicted molar refractivity (Wildman–Crippen MR) is 43.5 cm³/mol. The van der Waals surface area contributed by atoms with E-state index in [0.717, 1.165) is 0 Å². The average Bonchev–Trinajstić information content (AvgIpc) is 1.99. The number of nitrogens with one attached hydrogen (secondary N) is 1. The molecule has 2 N–H and O–H groups in total. The lowest BCUT2D eigenvalue weighted by Gasteiger charge is -2.21. The van der Waals surface area contributed by atoms with Crippen LogP contribution in [0.3, 0.4) is 0 Å². The van der Waals surface area contributed by atoms with Crippen molar-refractivity contribution < 1.29 is 18.3 Å². The number of aliphatic hydroxyl groups is 1. The zero-order chi connectivity index (χ0) is 10.5. The van der Waals surface area contributed by atoms with Gasteiger partial charge in [0.1, 0.15) is 0 Å². The molecule has 0 amide bonds. The number of nitrogens with zero attached hydrogens (tertiary/aromatic N) is 1. The van der Waals surface area contributed by atoms with Crippen LogP contribution in [0.2, 0.25) is 0 Å². The fourth-order valence-corrected chi connectivity index (χ4v) is 0.793. The van der Waals surface area contributed by atoms with Gasteiger partial charge in [0.2, 0.25) is 0 Å². The Labute approximate surface area is 75.5 Å². The summed E-state index contributed by atoms with van der Waals surface area (Å²) in [5.41, 5.74) is 0. The summed E-state index contributed by atoms with van der Waals surface area (Å²) < 4.78 is 35.5. The van der Waals surface area contributed by atoms with E-state index in [0.29, 0.717) is 13.1 Å². The molecule has 0 aromatic rings. The second-order valence-electron chi connectivity index (χ2n) is 2.92. The number of likely N-dealkylation sites (N-methyl/N-ethyl adjacent to an activating group) is 2. The van der Waals surface area contributed by atoms with Crippen LogP contribution in [0.4, 0.5) is 13.2 Å². The monoisotopic (exact) mass is 200 g/mol. The van der Waals surface area contributed by atoms with Gasteiger partial charge in [-0.05, 0) is 14.1 Å². The fraction of sp³-hybridized carbons (Fsp3) is 1.00. The third-order valence-corrected chi connectivity index (χ3v) is 1.61. The van der Waals surface area contributed by atoms with Gasteiger partial charge in [-0.1, -0.05) is 0 Å². The SMILES string of the molecule is CNCCN(C)CC(O)C(F)(F)F. The van der Waals surface area contributed by atoms with Gasteiger partial charge in [-0.25, -0.2) is 0 Å². The molecule has 3 nitrogen and oxygen atoms in total. The Hall–Kier alpha value is -0.330. The quantitative estimate of drug-likeness (QED) is 0.658. The smallest absolute Gasteiger partial charge is 0.382 e. The summed E-state index contributed by atoms with van der Waals surface area (Å²) in [6.07, 6.45) is -6.78. The van der Waals surface area contributed by atoms with Crippen molar-refractivity contribution >= 4 is 0 Å². The molecule has 0 rings (SSSR count). The number of rotatable bonds is 5. The summed E-state index contributed by atoms with van der Waals surface area (Å²) in [5.74, 6) is 0. The summed E-state index contributed by atoms with van der Waals surface area (Å²) in [6, 6.07) is 0. The summed E-state index contributed by atoms with van der Waals surface area (Å²) in [5, 5.41) is 11.5. The van der Waals surface area contributed by atoms with Gasteiger partial charge in [0.15, 0.2) is 6.10 Å². The molecule has 0 saturated carbocycles. The van der Waals surface area contributed by atoms with Gasteiger partial charge >= 0.3 is 6.18 Å². The highest BCUT2D eigenvalue weighted by Crippen LogP contribution is 2.20. The number of hydrogen-bond acceptors (Lipinski definition) is 3. The lowest BCUT2D eigenvalue weighted by atomic mass is 10.3. The van der Waals surface area contributed by atoms with Crippen LogP contribution in [-0.4, -0.2) is 56.0 Å². The number of alkyl halides is 3. The molecule has 0 fully saturated rings. The minimum Gasteiger partial charge on any atom is -0.382 e. The molecule has 0 aromatic heterocycles. The molecule has 80 valence electrons. The zero-order valence-corrected chi connectivity index (χ0v) is 7.73. The maximum Gasteiger partial charge on any atom is 0.415 e. The molecule has 0 radical (unpaired) electrons. The van der Waals surface area contributed by atoms with E-state index < -0.39 is 12.3 Å². The molecule has 0 aliphatic heterocycles. The van der Waals surface area contributed by atoms with Crippen LogP contribution in [0, 0.1) is 0 Å². The van der Waals surface area contributed by atoms with Crippen LogP contribution < -0.4 is 5.32 Å². The topological polar surface area (TPSA) is 35.5 Å². The van der Waals surface area contributed by atoms with Crippen LogP contribution in [0.5, 0.6) is 0 Å². The third kappa shape index (κ3) is 5.84. The van der Waals surface area contributed by atoms with E-state index >= 15 is 0 Å². The first-order valence-electron chi connectivity index (χ1n) is 3.96. The van der Waals surface area contributed by atoms with Crippen LogP contribution in [0.1, 0.15) is 0 Å². The second kappa shape index (κ2) is 5.41. The minimum absolute atomic E-state index is 0.384. The van der Waals surface area contributed by atoms with E-state index in [9.17, 15) is 13.2 Å². The molecule has 0 aromatic carbocycles. The molecule has 0 saturated heterocycles. The Morgan fingerprint density at radius 1 is 1.46 bits per heavy atom. The Morgan fingerprint density at radius 3 is 2.38 bits per heavy atom. The Kier molecular flexibility index (Phi) is 5.27. The summed E-state index contributed by atoms with van der Waals surface area (Å²) in [4.78, 5) is 1.43. The molecule has 6 heteroatoms. The van der Waals surface area contributed by atoms with Gasteiger partial charge in [0, 0.05) is 19.6 Å². The van der Waals surface area contributed by atoms with Gasteiger partial charge in [-0.3, -0.25) is 0 Å². The first-order valence-corrected chi connectivity index (χ1v) is 3.96. The first kappa shape index (κ1) is 12.7. The molecule has 0 heterocycles. The number of aliphatic hydroxyl groups excluding tert-OH is 1. The van der Waals surface area contributed by atoms with Crippen molar-refractivity contribution in [2.24, 2.45) is 0 Å². The number of halogens is 3. The maximum absolute atomic E-state index is 11.8. The normalized spacial score (nSPS) is 15.0. The highest BCUT2D eigenvalue weighted by Gasteiger charge is 2.38. The molecule has 0 bridgehead atoms. The Morgan fingerprint density at radius 2 is 2.00 bits per heavy atom. The van der Waals surface area contributed by atoms with Crippen LogP contribution in [0.25, 0.3) is 0 Å². The Bertz CT molecular complexity index is 140. The van der Waals surface area contributed by atoms with E-state index in [4.69, 9.17) is 5.11 Å². The van der Waals surface area contributed by atoms with Gasteiger partial charge in [0.05, 0.1) is 0 Å². The van der Waals surface area contributed by atoms with Crippen molar-refractivity contribution in [1.29, 1.82) is 0 Å². The van der Waals surface area contributed by atoms with E-state index in [1.54, 1.807) is 7.05 Å². The zero-order valence-electron chi connectivity index (χ0n) is 7.73. The Balaban J connectivity index is 3.71. The molecule has 1 unspecified atom stereocenters. The fourth-order valence-electron chi connectivity index (χ4n) is 0.793. The van der Waals surface area contributed by atoms with Crippen LogP contribution >= 0.6 is 0 Å². The largest absolute Gasteiger partial charge is 0.415 e. The van der Waals surface area contributed by atoms with Crippen LogP contribution in [0.15, 0.2) is 0 Å². The number of hydrogen-bond donors (Lipinski definition) is 2. The summed E-state index contributed by atoms with van der Waals surface area (Å²) in [6.45, 7) is 0.690. The first-order chi connectivity index (χ1) is 5.88. The summed E-state index contributed by atoms with van der Waals surface area (Å²) >= 11 is 0. The molecule has 0 spiro atoms. The van der Waals surface area contributed by atoms with Crippen molar-refractivity contribution in [1.82, 2.24) is 10.2 Å². The van der Waals surface area contributed by atoms with Crippen molar-refractivity contribution in [2.75, 3.05) is 33.7 Å². The van der Waals surface area contributed by atoms with Crippen molar-refractivity contribution in [3.05, 3.63) is 0 Å². The van der Waals surface area contributed by atoms with E-state index in [1.165, 1.54) is 11.9 Å². The second-order valence-corrected chi connectivity index (χ2v) is 2.92. The van der Waals surface area contributed by atoms with Gasteiger partial charge in [0.25, 0.3) is 0 Å². The standard InChI is InChI=1S/C7H15F3N2O/c1-11-3-4-12(2)5-6(13)7(8,9)10/h6,11,13H,3-5H2,1-2H3. The van der Waals surface area contributed by atoms with Gasteiger partial charge in [-0.2, -0.15) is 13.2 Å². The average molecular weight is 200 g/mol. The molecule has 0 aliphatic carbocycles. The molecule has 0 aliphatic rings. The van der Waals surface area contributed by atoms with Crippen molar-refractivity contribution in [3.8, 4) is 0 Å². The minimum atomic E-state index is -4.52. The molecular weight excluding hydrogens is 185 g/mol. The van der Waals surface area contributed by atoms with E-state index in [-0.39, 0.29) is 6.54 Å². The predicted octanol–water partition coefficient (Wildman–Crippen LogP) is 0.0608. The summed E-state index contributed by atoms with van der Waals surface area (Å²) in [7, 11) is 3.25. The molecule has 1 atom stereocenters. The highest BCUT2D eigenvalue weighted by molar-refractivity contribution is 4.69. The lowest BCUT2D eigenvalue weighted by Crippen LogP contribution is -2.41. The third-order valence-electron chi connectivity index (χ3n) is 1.61. The van der Waals surface area contributed by atoms with Crippen molar-refractivity contribution in [2.45, 2.75) is 12.3 Å². The van der Waals surface area contributed by atoms with Crippen LogP contribution in [-0.2, 0) is 0 Å². The van der Waals surface area contributed by atoms with E-state index in [2.05, 4.69) is 5.32 Å². The molecular formula is C7H15F3N2O. The van der Waals surface area contributed by atoms with Gasteiger partial charge < -0.3 is 15.3 Å². The maximum atomic E-state index is 11.8. The molecule has 13 heavy (non-hydrogen) atoms. The lowest BCUT2D eigenvalue weighted by molar-refractivity contribution is -0.207. The highest BCUT2D eigenvalue weighted by atomic mass is 19.4. The van der Waals surface area contributed by atoms with E-state index in [1.807, 2.05) is 0 Å². The van der Waals surface area contributed by atoms with Gasteiger partial charge in [-0.15, -0.1) is 0 Å².